The molecule has 1 aliphatic rings. The zero-order valence-electron chi connectivity index (χ0n) is 4.37. The summed E-state index contributed by atoms with van der Waals surface area (Å²) >= 11 is -1.80. The Morgan fingerprint density at radius 2 is 1.88 bits per heavy atom. The van der Waals surface area contributed by atoms with Gasteiger partial charge in [0.25, 0.3) is 0 Å². The van der Waals surface area contributed by atoms with Gasteiger partial charge in [0.2, 0.25) is 0 Å². The minimum absolute atomic E-state index is 0.0949. The predicted molar refractivity (Wildman–Crippen MR) is 35.0 cm³/mol. The first-order valence-corrected chi connectivity index (χ1v) is 6.46. The van der Waals surface area contributed by atoms with Gasteiger partial charge in [-0.3, -0.25) is 0 Å². The van der Waals surface area contributed by atoms with Crippen molar-refractivity contribution < 1.29 is 4.79 Å². The molecule has 0 atom stereocenters. The Labute approximate surface area is 52.2 Å². The molecule has 1 amide bonds. The maximum atomic E-state index is 10.4. The Bertz CT molecular complexity index is 150. The standard InChI is InChI=1S/C5H7GeNO/c7-5(8)6-3-1-2-4-6/h1-4,6H,(H2,7,8). The second kappa shape index (κ2) is 2.17. The van der Waals surface area contributed by atoms with Gasteiger partial charge in [0, 0.05) is 0 Å². The Kier molecular flexibility index (Phi) is 1.53. The molecule has 0 bridgehead atoms. The number of amides is 1. The zero-order valence-corrected chi connectivity index (χ0v) is 6.79. The minimum atomic E-state index is -1.80. The van der Waals surface area contributed by atoms with Crippen molar-refractivity contribution in [1.29, 1.82) is 0 Å². The summed E-state index contributed by atoms with van der Waals surface area (Å²) in [5.74, 6) is 0. The summed E-state index contributed by atoms with van der Waals surface area (Å²) in [6, 6.07) is 0. The Morgan fingerprint density at radius 1 is 1.38 bits per heavy atom. The molecule has 0 aromatic rings. The molecule has 0 aromatic carbocycles. The third-order valence-electron chi connectivity index (χ3n) is 1.08. The van der Waals surface area contributed by atoms with E-state index in [4.69, 9.17) is 5.73 Å². The molecule has 42 valence electrons. The molecule has 1 rings (SSSR count). The number of carbonyl (C=O) groups is 1. The van der Waals surface area contributed by atoms with Crippen molar-refractivity contribution in [3.63, 3.8) is 0 Å². The summed E-state index contributed by atoms with van der Waals surface area (Å²) in [7, 11) is 0. The van der Waals surface area contributed by atoms with Gasteiger partial charge in [-0.25, -0.2) is 0 Å². The molecule has 0 unspecified atom stereocenters. The molecule has 0 saturated carbocycles. The number of carbonyl (C=O) groups excluding carboxylic acids is 1. The van der Waals surface area contributed by atoms with Gasteiger partial charge in [0.05, 0.1) is 0 Å². The monoisotopic (exact) mass is 171 g/mol. The van der Waals surface area contributed by atoms with Crippen LogP contribution in [-0.2, 0) is 0 Å². The molecule has 8 heavy (non-hydrogen) atoms. The van der Waals surface area contributed by atoms with E-state index >= 15 is 0 Å². The van der Waals surface area contributed by atoms with E-state index in [0.29, 0.717) is 0 Å². The van der Waals surface area contributed by atoms with E-state index < -0.39 is 14.3 Å². The van der Waals surface area contributed by atoms with Crippen molar-refractivity contribution >= 4 is 19.1 Å². The van der Waals surface area contributed by atoms with E-state index in [2.05, 4.69) is 0 Å². The number of allylic oxidation sites excluding steroid dienone is 2. The first kappa shape index (κ1) is 5.63. The van der Waals surface area contributed by atoms with Crippen LogP contribution in [0.15, 0.2) is 22.0 Å². The van der Waals surface area contributed by atoms with Crippen LogP contribution in [0.25, 0.3) is 0 Å². The van der Waals surface area contributed by atoms with Crippen molar-refractivity contribution in [2.75, 3.05) is 0 Å². The summed E-state index contributed by atoms with van der Waals surface area (Å²) < 4.78 is -0.0949. The van der Waals surface area contributed by atoms with Crippen molar-refractivity contribution in [1.82, 2.24) is 0 Å². The summed E-state index contributed by atoms with van der Waals surface area (Å²) in [5.41, 5.74) is 5.04. The van der Waals surface area contributed by atoms with Gasteiger partial charge in [-0.05, 0) is 0 Å². The summed E-state index contributed by atoms with van der Waals surface area (Å²) in [5, 5.41) is 0. The predicted octanol–water partition coefficient (Wildman–Crippen LogP) is 0.0783. The van der Waals surface area contributed by atoms with Crippen LogP contribution in [0.3, 0.4) is 0 Å². The zero-order chi connectivity index (χ0) is 5.98. The van der Waals surface area contributed by atoms with Gasteiger partial charge < -0.3 is 0 Å². The third kappa shape index (κ3) is 1.01. The molecule has 0 aliphatic carbocycles. The summed E-state index contributed by atoms with van der Waals surface area (Å²) in [6.45, 7) is 0. The van der Waals surface area contributed by atoms with Crippen LogP contribution in [0.1, 0.15) is 0 Å². The first-order valence-electron chi connectivity index (χ1n) is 2.45. The molecular formula is C5H7GeNO. The fourth-order valence-electron chi connectivity index (χ4n) is 0.622. The second-order valence-corrected chi connectivity index (χ2v) is 6.71. The van der Waals surface area contributed by atoms with Gasteiger partial charge in [-0.2, -0.15) is 0 Å². The fraction of sp³-hybridized carbons (Fsp3) is 0. The van der Waals surface area contributed by atoms with Crippen molar-refractivity contribution in [2.45, 2.75) is 0 Å². The number of nitrogens with two attached hydrogens (primary N) is 1. The second-order valence-electron chi connectivity index (χ2n) is 1.70. The average Bonchev–Trinajstić information content (AvgIpc) is 2.12. The van der Waals surface area contributed by atoms with Crippen LogP contribution in [-0.4, -0.2) is 19.1 Å². The van der Waals surface area contributed by atoms with Crippen LogP contribution >= 0.6 is 0 Å². The molecule has 1 aliphatic heterocycles. The number of hydrogen-bond donors (Lipinski definition) is 1. The molecule has 0 spiro atoms. The van der Waals surface area contributed by atoms with Gasteiger partial charge in [-0.1, -0.05) is 0 Å². The quantitative estimate of drug-likeness (QED) is 0.556. The molecule has 2 nitrogen and oxygen atoms in total. The topological polar surface area (TPSA) is 43.1 Å². The van der Waals surface area contributed by atoms with Gasteiger partial charge in [0.1, 0.15) is 0 Å². The van der Waals surface area contributed by atoms with E-state index in [1.54, 1.807) is 0 Å². The van der Waals surface area contributed by atoms with Crippen LogP contribution < -0.4 is 5.73 Å². The third-order valence-corrected chi connectivity index (χ3v) is 5.13. The van der Waals surface area contributed by atoms with E-state index in [0.717, 1.165) is 0 Å². The number of rotatable bonds is 1. The van der Waals surface area contributed by atoms with Crippen LogP contribution in [0.4, 0.5) is 4.79 Å². The molecule has 0 aromatic heterocycles. The molecule has 3 heteroatoms. The molecule has 0 saturated heterocycles. The van der Waals surface area contributed by atoms with Crippen LogP contribution in [0.5, 0.6) is 0 Å². The van der Waals surface area contributed by atoms with Crippen molar-refractivity contribution in [3.05, 3.63) is 22.0 Å². The molecule has 1 heterocycles. The average molecular weight is 170 g/mol. The molecular weight excluding hydrogens is 163 g/mol. The van der Waals surface area contributed by atoms with Gasteiger partial charge >= 0.3 is 51.6 Å². The first-order chi connectivity index (χ1) is 3.80. The van der Waals surface area contributed by atoms with Gasteiger partial charge in [0.15, 0.2) is 0 Å². The molecule has 2 N–H and O–H groups in total. The molecule has 0 radical (unpaired) electrons. The number of hydrogen-bond acceptors (Lipinski definition) is 1. The van der Waals surface area contributed by atoms with Crippen molar-refractivity contribution in [2.24, 2.45) is 5.73 Å². The summed E-state index contributed by atoms with van der Waals surface area (Å²) in [4.78, 5) is 14.3. The van der Waals surface area contributed by atoms with Crippen molar-refractivity contribution in [3.8, 4) is 0 Å². The number of primary amides is 1. The van der Waals surface area contributed by atoms with Crippen LogP contribution in [0, 0.1) is 0 Å². The Hall–Kier alpha value is -0.507. The van der Waals surface area contributed by atoms with E-state index in [1.165, 1.54) is 0 Å². The summed E-state index contributed by atoms with van der Waals surface area (Å²) in [6.07, 6.45) is 3.80. The van der Waals surface area contributed by atoms with Crippen LogP contribution in [0.2, 0.25) is 0 Å². The fourth-order valence-corrected chi connectivity index (χ4v) is 3.23. The van der Waals surface area contributed by atoms with E-state index in [9.17, 15) is 4.79 Å². The van der Waals surface area contributed by atoms with E-state index in [1.807, 2.05) is 22.0 Å². The van der Waals surface area contributed by atoms with Gasteiger partial charge in [-0.15, -0.1) is 0 Å². The Morgan fingerprint density at radius 3 is 2.12 bits per heavy atom. The molecule has 0 fully saturated rings. The maximum absolute atomic E-state index is 10.4. The van der Waals surface area contributed by atoms with E-state index in [-0.39, 0.29) is 4.74 Å². The normalized spacial score (nSPS) is 17.5. The SMILES string of the molecule is N[C](=O)[GeH]1[CH]=CC=[CH]1. The Balaban J connectivity index is 2.62.